The summed E-state index contributed by atoms with van der Waals surface area (Å²) in [7, 11) is 0. The Morgan fingerprint density at radius 1 is 1.59 bits per heavy atom. The summed E-state index contributed by atoms with van der Waals surface area (Å²) in [6.45, 7) is 3.71. The minimum absolute atomic E-state index is 0.0825. The summed E-state index contributed by atoms with van der Waals surface area (Å²) in [5.41, 5.74) is 0. The van der Waals surface area contributed by atoms with E-state index < -0.39 is 12.0 Å². The second-order valence-corrected chi connectivity index (χ2v) is 4.81. The maximum Gasteiger partial charge on any atom is 0.321 e. The van der Waals surface area contributed by atoms with Crippen LogP contribution in [0.2, 0.25) is 0 Å². The molecule has 1 atom stereocenters. The minimum atomic E-state index is -0.928. The van der Waals surface area contributed by atoms with Crippen molar-refractivity contribution < 1.29 is 14.7 Å². The number of hydrogen-bond donors (Lipinski definition) is 3. The van der Waals surface area contributed by atoms with Crippen molar-refractivity contribution in [1.29, 1.82) is 0 Å². The first-order chi connectivity index (χ1) is 8.01. The molecule has 6 nitrogen and oxygen atoms in total. The fourth-order valence-electron chi connectivity index (χ4n) is 1.24. The molecule has 0 aliphatic heterocycles. The Morgan fingerprint density at radius 3 is 2.76 bits per heavy atom. The zero-order valence-electron chi connectivity index (χ0n) is 9.69. The molecular formula is C10H15N3O3S. The second kappa shape index (κ2) is 6.19. The topological polar surface area (TPSA) is 91.3 Å². The molecule has 0 aliphatic rings. The van der Waals surface area contributed by atoms with Gasteiger partial charge in [0.05, 0.1) is 6.42 Å². The number of aliphatic carboxylic acids is 1. The molecule has 3 N–H and O–H groups in total. The Hall–Kier alpha value is -1.63. The molecule has 0 bridgehead atoms. The van der Waals surface area contributed by atoms with Crippen molar-refractivity contribution in [1.82, 2.24) is 10.3 Å². The smallest absolute Gasteiger partial charge is 0.321 e. The molecule has 1 heterocycles. The van der Waals surface area contributed by atoms with Gasteiger partial charge in [0, 0.05) is 17.1 Å². The molecule has 0 saturated carbocycles. The second-order valence-electron chi connectivity index (χ2n) is 3.58. The lowest BCUT2D eigenvalue weighted by Gasteiger charge is -2.14. The predicted molar refractivity (Wildman–Crippen MR) is 65.3 cm³/mol. The highest BCUT2D eigenvalue weighted by Gasteiger charge is 2.14. The van der Waals surface area contributed by atoms with Gasteiger partial charge < -0.3 is 10.4 Å². The Labute approximate surface area is 103 Å². The maximum absolute atomic E-state index is 11.5. The summed E-state index contributed by atoms with van der Waals surface area (Å²) < 4.78 is 0. The lowest BCUT2D eigenvalue weighted by Crippen LogP contribution is -2.38. The first kappa shape index (κ1) is 13.4. The summed E-state index contributed by atoms with van der Waals surface area (Å²) >= 11 is 1.37. The van der Waals surface area contributed by atoms with Gasteiger partial charge in [-0.15, -0.1) is 11.3 Å². The highest BCUT2D eigenvalue weighted by molar-refractivity contribution is 7.15. The van der Waals surface area contributed by atoms with Crippen LogP contribution >= 0.6 is 11.3 Å². The third-order valence-corrected chi connectivity index (χ3v) is 2.92. The van der Waals surface area contributed by atoms with Gasteiger partial charge in [-0.25, -0.2) is 9.78 Å². The first-order valence-corrected chi connectivity index (χ1v) is 6.04. The van der Waals surface area contributed by atoms with Crippen LogP contribution in [0.1, 0.15) is 24.6 Å². The van der Waals surface area contributed by atoms with Crippen LogP contribution in [0.15, 0.2) is 6.20 Å². The number of carbonyl (C=O) groups excluding carboxylic acids is 1. The van der Waals surface area contributed by atoms with E-state index in [4.69, 9.17) is 5.11 Å². The monoisotopic (exact) mass is 257 g/mol. The summed E-state index contributed by atoms with van der Waals surface area (Å²) in [5, 5.41) is 14.3. The third kappa shape index (κ3) is 4.81. The lowest BCUT2D eigenvalue weighted by molar-refractivity contribution is -0.137. The van der Waals surface area contributed by atoms with Crippen molar-refractivity contribution in [3.8, 4) is 0 Å². The molecule has 7 heteroatoms. The van der Waals surface area contributed by atoms with Crippen LogP contribution < -0.4 is 10.6 Å². The molecule has 0 aromatic carbocycles. The summed E-state index contributed by atoms with van der Waals surface area (Å²) in [5.74, 6) is -0.928. The van der Waals surface area contributed by atoms with E-state index in [0.717, 1.165) is 4.88 Å². The third-order valence-electron chi connectivity index (χ3n) is 2.09. The molecule has 0 saturated heterocycles. The van der Waals surface area contributed by atoms with Gasteiger partial charge in [0.2, 0.25) is 0 Å². The van der Waals surface area contributed by atoms with Crippen molar-refractivity contribution in [2.45, 2.75) is 32.7 Å². The number of nitrogens with one attached hydrogen (secondary N) is 2. The zero-order valence-corrected chi connectivity index (χ0v) is 10.5. The largest absolute Gasteiger partial charge is 0.481 e. The van der Waals surface area contributed by atoms with Crippen LogP contribution in [-0.2, 0) is 4.79 Å². The quantitative estimate of drug-likeness (QED) is 0.750. The molecule has 0 spiro atoms. The van der Waals surface area contributed by atoms with Crippen LogP contribution in [0, 0.1) is 6.92 Å². The molecule has 0 aliphatic carbocycles. The fraction of sp³-hybridized carbons (Fsp3) is 0.500. The SMILES string of the molecule is CCC(CC(=O)O)NC(=O)Nc1ncc(C)s1. The number of aryl methyl sites for hydroxylation is 1. The van der Waals surface area contributed by atoms with Gasteiger partial charge in [0.1, 0.15) is 0 Å². The van der Waals surface area contributed by atoms with E-state index in [1.165, 1.54) is 11.3 Å². The summed E-state index contributed by atoms with van der Waals surface area (Å²) in [4.78, 5) is 27.0. The lowest BCUT2D eigenvalue weighted by atomic mass is 10.1. The van der Waals surface area contributed by atoms with Gasteiger partial charge in [-0.2, -0.15) is 0 Å². The predicted octanol–water partition coefficient (Wildman–Crippen LogP) is 1.83. The normalized spacial score (nSPS) is 11.9. The molecule has 94 valence electrons. The number of aromatic nitrogens is 1. The fourth-order valence-corrected chi connectivity index (χ4v) is 1.90. The number of anilines is 1. The van der Waals surface area contributed by atoms with E-state index in [1.807, 2.05) is 13.8 Å². The molecular weight excluding hydrogens is 242 g/mol. The van der Waals surface area contributed by atoms with Gasteiger partial charge in [-0.3, -0.25) is 10.1 Å². The van der Waals surface area contributed by atoms with Crippen molar-refractivity contribution in [2.24, 2.45) is 0 Å². The van der Waals surface area contributed by atoms with Crippen molar-refractivity contribution >= 4 is 28.5 Å². The van der Waals surface area contributed by atoms with E-state index >= 15 is 0 Å². The van der Waals surface area contributed by atoms with Gasteiger partial charge in [-0.1, -0.05) is 6.92 Å². The Bertz CT molecular complexity index is 405. The van der Waals surface area contributed by atoms with Gasteiger partial charge in [0.25, 0.3) is 0 Å². The minimum Gasteiger partial charge on any atom is -0.481 e. The van der Waals surface area contributed by atoms with Crippen molar-refractivity contribution in [3.05, 3.63) is 11.1 Å². The molecule has 17 heavy (non-hydrogen) atoms. The van der Waals surface area contributed by atoms with Crippen LogP contribution in [0.5, 0.6) is 0 Å². The van der Waals surface area contributed by atoms with Gasteiger partial charge >= 0.3 is 12.0 Å². The van der Waals surface area contributed by atoms with Gasteiger partial charge in [-0.05, 0) is 13.3 Å². The molecule has 1 aromatic heterocycles. The highest BCUT2D eigenvalue weighted by atomic mass is 32.1. The van der Waals surface area contributed by atoms with Crippen molar-refractivity contribution in [2.75, 3.05) is 5.32 Å². The average Bonchev–Trinajstić information content (AvgIpc) is 2.62. The maximum atomic E-state index is 11.5. The zero-order chi connectivity index (χ0) is 12.8. The summed E-state index contributed by atoms with van der Waals surface area (Å²) in [6.07, 6.45) is 2.15. The Balaban J connectivity index is 2.45. The molecule has 0 fully saturated rings. The molecule has 1 aromatic rings. The number of hydrogen-bond acceptors (Lipinski definition) is 4. The molecule has 2 amide bonds. The highest BCUT2D eigenvalue weighted by Crippen LogP contribution is 2.16. The number of rotatable bonds is 5. The van der Waals surface area contributed by atoms with E-state index in [2.05, 4.69) is 15.6 Å². The molecule has 1 unspecified atom stereocenters. The van der Waals surface area contributed by atoms with E-state index in [1.54, 1.807) is 6.20 Å². The first-order valence-electron chi connectivity index (χ1n) is 5.23. The van der Waals surface area contributed by atoms with E-state index in [9.17, 15) is 9.59 Å². The standard InChI is InChI=1S/C10H15N3O3S/c1-3-7(4-8(14)15)12-9(16)13-10-11-5-6(2)17-10/h5,7H,3-4H2,1-2H3,(H,14,15)(H2,11,12,13,16). The number of carboxylic acids is 1. The Kier molecular flexibility index (Phi) is 4.89. The summed E-state index contributed by atoms with van der Waals surface area (Å²) in [6, 6.07) is -0.791. The van der Waals surface area contributed by atoms with E-state index in [0.29, 0.717) is 11.6 Å². The number of amides is 2. The van der Waals surface area contributed by atoms with Crippen LogP contribution in [0.4, 0.5) is 9.93 Å². The Morgan fingerprint density at radius 2 is 2.29 bits per heavy atom. The van der Waals surface area contributed by atoms with Crippen LogP contribution in [-0.4, -0.2) is 28.1 Å². The van der Waals surface area contributed by atoms with Crippen LogP contribution in [0.25, 0.3) is 0 Å². The average molecular weight is 257 g/mol. The van der Waals surface area contributed by atoms with Crippen LogP contribution in [0.3, 0.4) is 0 Å². The number of carboxylic acid groups (broad SMARTS) is 1. The number of urea groups is 1. The number of carbonyl (C=O) groups is 2. The van der Waals surface area contributed by atoms with E-state index in [-0.39, 0.29) is 12.5 Å². The molecule has 1 rings (SSSR count). The molecule has 0 radical (unpaired) electrons. The number of thiazole rings is 1. The number of nitrogens with zero attached hydrogens (tertiary/aromatic N) is 1. The van der Waals surface area contributed by atoms with Crippen molar-refractivity contribution in [3.63, 3.8) is 0 Å². The van der Waals surface area contributed by atoms with Gasteiger partial charge in [0.15, 0.2) is 5.13 Å².